The number of urea groups is 1. The van der Waals surface area contributed by atoms with Crippen molar-refractivity contribution in [3.05, 3.63) is 78.1 Å². The number of hydrogen-bond donors (Lipinski definition) is 2. The van der Waals surface area contributed by atoms with Gasteiger partial charge in [0.1, 0.15) is 11.6 Å². The number of para-hydroxylation sites is 1. The molecule has 3 aromatic carbocycles. The largest absolute Gasteiger partial charge is 0.511 e. The smallest absolute Gasteiger partial charge is 0.449 e. The molecular weight excluding hydrogens is 444 g/mol. The predicted octanol–water partition coefficient (Wildman–Crippen LogP) is 5.74. The van der Waals surface area contributed by atoms with Crippen LogP contribution in [-0.2, 0) is 6.54 Å². The highest BCUT2D eigenvalue weighted by Gasteiger charge is 2.18. The number of nitrogens with zero attached hydrogens (tertiary/aromatic N) is 3. The van der Waals surface area contributed by atoms with Crippen LogP contribution in [0.3, 0.4) is 0 Å². The first kappa shape index (κ1) is 22.5. The molecule has 0 bridgehead atoms. The van der Waals surface area contributed by atoms with Crippen LogP contribution in [0.4, 0.5) is 15.3 Å². The molecule has 5 rings (SSSR count). The van der Waals surface area contributed by atoms with Crippen molar-refractivity contribution in [3.8, 4) is 16.9 Å². The number of aryl methyl sites for hydroxylation is 1. The predicted molar refractivity (Wildman–Crippen MR) is 134 cm³/mol. The molecule has 1 fully saturated rings. The Morgan fingerprint density at radius 1 is 1.03 bits per heavy atom. The number of likely N-dealkylation sites (tertiary alicyclic amines) is 1. The number of anilines is 1. The summed E-state index contributed by atoms with van der Waals surface area (Å²) in [5, 5.41) is 12.0. The molecule has 4 aromatic rings. The van der Waals surface area contributed by atoms with Crippen molar-refractivity contribution in [1.82, 2.24) is 14.5 Å². The zero-order valence-electron chi connectivity index (χ0n) is 19.4. The first-order valence-electron chi connectivity index (χ1n) is 11.6. The van der Waals surface area contributed by atoms with E-state index in [4.69, 9.17) is 9.84 Å². The molecule has 178 valence electrons. The zero-order valence-corrected chi connectivity index (χ0v) is 19.4. The first-order valence-corrected chi connectivity index (χ1v) is 11.6. The highest BCUT2D eigenvalue weighted by Crippen LogP contribution is 2.30. The van der Waals surface area contributed by atoms with Gasteiger partial charge in [0.15, 0.2) is 0 Å². The molecule has 0 atom stereocenters. The van der Waals surface area contributed by atoms with Crippen LogP contribution in [0, 0.1) is 6.92 Å². The van der Waals surface area contributed by atoms with Crippen LogP contribution in [0.25, 0.3) is 22.2 Å². The van der Waals surface area contributed by atoms with Gasteiger partial charge in [0.25, 0.3) is 0 Å². The van der Waals surface area contributed by atoms with Crippen LogP contribution < -0.4 is 10.1 Å². The number of carbonyl (C=O) groups excluding carboxylic acids is 1. The van der Waals surface area contributed by atoms with E-state index in [1.807, 2.05) is 66.4 Å². The second-order valence-corrected chi connectivity index (χ2v) is 8.63. The van der Waals surface area contributed by atoms with E-state index in [0.717, 1.165) is 59.6 Å². The minimum Gasteiger partial charge on any atom is -0.449 e. The number of nitrogens with one attached hydrogen (secondary N) is 1. The lowest BCUT2D eigenvalue weighted by Gasteiger charge is -2.16. The summed E-state index contributed by atoms with van der Waals surface area (Å²) in [5.74, 6) is 1.18. The van der Waals surface area contributed by atoms with Crippen LogP contribution in [0.5, 0.6) is 5.75 Å². The molecule has 35 heavy (non-hydrogen) atoms. The van der Waals surface area contributed by atoms with Gasteiger partial charge in [-0.25, -0.2) is 14.6 Å². The van der Waals surface area contributed by atoms with Gasteiger partial charge >= 0.3 is 12.2 Å². The molecule has 1 aliphatic rings. The van der Waals surface area contributed by atoms with Gasteiger partial charge in [-0.15, -0.1) is 0 Å². The molecular formula is C27H26N4O4. The van der Waals surface area contributed by atoms with Crippen LogP contribution >= 0.6 is 0 Å². The molecule has 0 spiro atoms. The molecule has 0 unspecified atom stereocenters. The maximum atomic E-state index is 12.5. The maximum absolute atomic E-state index is 12.5. The quantitative estimate of drug-likeness (QED) is 0.286. The Labute approximate surface area is 202 Å². The van der Waals surface area contributed by atoms with Crippen molar-refractivity contribution in [3.63, 3.8) is 0 Å². The lowest BCUT2D eigenvalue weighted by molar-refractivity contribution is 0.144. The number of hydrogen-bond acceptors (Lipinski definition) is 4. The molecule has 8 nitrogen and oxygen atoms in total. The minimum absolute atomic E-state index is 0.0626. The van der Waals surface area contributed by atoms with E-state index in [1.54, 1.807) is 12.1 Å². The van der Waals surface area contributed by atoms with E-state index in [1.165, 1.54) is 0 Å². The average molecular weight is 471 g/mol. The third-order valence-electron chi connectivity index (χ3n) is 6.27. The van der Waals surface area contributed by atoms with Crippen molar-refractivity contribution in [2.75, 3.05) is 18.4 Å². The number of rotatable bonds is 5. The Balaban J connectivity index is 1.38. The van der Waals surface area contributed by atoms with Gasteiger partial charge in [-0.1, -0.05) is 42.5 Å². The van der Waals surface area contributed by atoms with E-state index >= 15 is 0 Å². The Morgan fingerprint density at radius 3 is 2.51 bits per heavy atom. The minimum atomic E-state index is -1.34. The van der Waals surface area contributed by atoms with Crippen LogP contribution in [0.15, 0.2) is 66.7 Å². The number of benzene rings is 3. The van der Waals surface area contributed by atoms with Crippen molar-refractivity contribution in [2.24, 2.45) is 0 Å². The summed E-state index contributed by atoms with van der Waals surface area (Å²) >= 11 is 0. The van der Waals surface area contributed by atoms with E-state index < -0.39 is 6.16 Å². The van der Waals surface area contributed by atoms with Crippen molar-refractivity contribution < 1.29 is 19.4 Å². The Morgan fingerprint density at radius 2 is 1.77 bits per heavy atom. The van der Waals surface area contributed by atoms with Gasteiger partial charge in [0, 0.05) is 30.9 Å². The number of fused-ring (bicyclic) bond motifs is 1. The van der Waals surface area contributed by atoms with Gasteiger partial charge in [-0.05, 0) is 55.2 Å². The summed E-state index contributed by atoms with van der Waals surface area (Å²) in [7, 11) is 0. The molecule has 1 aromatic heterocycles. The Hall–Kier alpha value is -4.33. The van der Waals surface area contributed by atoms with Gasteiger partial charge in [-0.2, -0.15) is 0 Å². The number of imidazole rings is 1. The lowest BCUT2D eigenvalue weighted by Crippen LogP contribution is -2.32. The third kappa shape index (κ3) is 4.82. The average Bonchev–Trinajstić information content (AvgIpc) is 3.49. The standard InChI is InChI=1S/C27H26N4O4/c1-18-28-23-13-12-21(29-26(32)30-14-4-5-15-30)16-24(23)31(18)17-19-8-10-20(11-9-19)22-6-2-3-7-25(22)35-27(33)34/h2-3,6-13,16H,4-5,14-15,17H2,1H3,(H,29,32)(H,33,34). The van der Waals surface area contributed by atoms with Crippen molar-refractivity contribution in [2.45, 2.75) is 26.3 Å². The molecule has 2 heterocycles. The molecule has 2 amide bonds. The van der Waals surface area contributed by atoms with Crippen LogP contribution in [-0.4, -0.2) is 44.8 Å². The summed E-state index contributed by atoms with van der Waals surface area (Å²) in [6.45, 7) is 4.18. The van der Waals surface area contributed by atoms with Crippen LogP contribution in [0.1, 0.15) is 24.2 Å². The van der Waals surface area contributed by atoms with Gasteiger partial charge in [-0.3, -0.25) is 0 Å². The molecule has 1 aliphatic heterocycles. The van der Waals surface area contributed by atoms with E-state index in [2.05, 4.69) is 14.9 Å². The van der Waals surface area contributed by atoms with Crippen molar-refractivity contribution >= 4 is 28.9 Å². The van der Waals surface area contributed by atoms with E-state index in [9.17, 15) is 9.59 Å². The van der Waals surface area contributed by atoms with E-state index in [0.29, 0.717) is 17.9 Å². The highest BCUT2D eigenvalue weighted by molar-refractivity contribution is 5.92. The zero-order chi connectivity index (χ0) is 24.4. The molecule has 0 saturated carbocycles. The fourth-order valence-corrected chi connectivity index (χ4v) is 4.50. The van der Waals surface area contributed by atoms with Gasteiger partial charge in [0.05, 0.1) is 11.0 Å². The monoisotopic (exact) mass is 470 g/mol. The molecule has 1 saturated heterocycles. The maximum Gasteiger partial charge on any atom is 0.511 e. The Bertz CT molecular complexity index is 1390. The topological polar surface area (TPSA) is 96.7 Å². The second-order valence-electron chi connectivity index (χ2n) is 8.63. The Kier molecular flexibility index (Phi) is 6.10. The third-order valence-corrected chi connectivity index (χ3v) is 6.27. The fourth-order valence-electron chi connectivity index (χ4n) is 4.50. The molecule has 2 N–H and O–H groups in total. The molecule has 0 radical (unpaired) electrons. The fraction of sp³-hybridized carbons (Fsp3) is 0.222. The van der Waals surface area contributed by atoms with Gasteiger partial charge in [0.2, 0.25) is 0 Å². The number of ether oxygens (including phenoxy) is 1. The summed E-state index contributed by atoms with van der Waals surface area (Å²) in [6, 6.07) is 20.7. The number of amides is 2. The summed E-state index contributed by atoms with van der Waals surface area (Å²) in [5.41, 5.74) is 5.22. The van der Waals surface area contributed by atoms with Crippen molar-refractivity contribution in [1.29, 1.82) is 0 Å². The van der Waals surface area contributed by atoms with Crippen LogP contribution in [0.2, 0.25) is 0 Å². The van der Waals surface area contributed by atoms with Gasteiger partial charge < -0.3 is 24.6 Å². The normalized spacial score (nSPS) is 13.2. The molecule has 0 aliphatic carbocycles. The van der Waals surface area contributed by atoms with E-state index in [-0.39, 0.29) is 6.03 Å². The first-order chi connectivity index (χ1) is 17.0. The molecule has 8 heteroatoms. The number of aromatic nitrogens is 2. The number of carbonyl (C=O) groups is 2. The highest BCUT2D eigenvalue weighted by atomic mass is 16.7. The summed E-state index contributed by atoms with van der Waals surface area (Å²) in [6.07, 6.45) is 0.762. The lowest BCUT2D eigenvalue weighted by atomic mass is 10.0. The summed E-state index contributed by atoms with van der Waals surface area (Å²) in [4.78, 5) is 30.1. The SMILES string of the molecule is Cc1nc2ccc(NC(=O)N3CCCC3)cc2n1Cc1ccc(-c2ccccc2OC(=O)O)cc1. The second kappa shape index (κ2) is 9.50. The summed E-state index contributed by atoms with van der Waals surface area (Å²) < 4.78 is 7.04. The number of carboxylic acid groups (broad SMARTS) is 1.